The van der Waals surface area contributed by atoms with Crippen LogP contribution in [-0.2, 0) is 4.74 Å². The molecule has 28 heavy (non-hydrogen) atoms. The van der Waals surface area contributed by atoms with Crippen LogP contribution in [0.15, 0.2) is 47.6 Å². The molecule has 2 aromatic rings. The van der Waals surface area contributed by atoms with E-state index in [1.165, 1.54) is 13.3 Å². The van der Waals surface area contributed by atoms with E-state index in [9.17, 15) is 4.79 Å². The smallest absolute Gasteiger partial charge is 0.427 e. The number of nitrogens with one attached hydrogen (secondary N) is 1. The molecule has 150 valence electrons. The number of nitrogens with zero attached hydrogens (tertiary/aromatic N) is 1. The molecule has 1 amide bonds. The number of benzene rings is 2. The zero-order valence-corrected chi connectivity index (χ0v) is 16.6. The predicted octanol–water partition coefficient (Wildman–Crippen LogP) is 4.28. The van der Waals surface area contributed by atoms with E-state index in [4.69, 9.17) is 25.8 Å². The number of halogens is 1. The number of carbonyl (C=O) groups excluding carboxylic acids is 1. The molecule has 0 spiro atoms. The van der Waals surface area contributed by atoms with Gasteiger partial charge in [0.1, 0.15) is 5.75 Å². The fourth-order valence-electron chi connectivity index (χ4n) is 2.18. The third-order valence-corrected chi connectivity index (χ3v) is 3.78. The monoisotopic (exact) mass is 406 g/mol. The Morgan fingerprint density at radius 1 is 1.07 bits per heavy atom. The normalized spacial score (nSPS) is 10.5. The maximum atomic E-state index is 11.0. The molecule has 0 atom stereocenters. The molecule has 0 saturated heterocycles. The molecular weight excluding hydrogens is 384 g/mol. The summed E-state index contributed by atoms with van der Waals surface area (Å²) in [5.41, 5.74) is 2.97. The van der Waals surface area contributed by atoms with E-state index in [0.717, 1.165) is 5.56 Å². The highest BCUT2D eigenvalue weighted by molar-refractivity contribution is 6.32. The first-order chi connectivity index (χ1) is 13.6. The Labute approximate surface area is 169 Å². The number of methoxy groups -OCH3 is 1. The van der Waals surface area contributed by atoms with Crippen molar-refractivity contribution in [1.29, 1.82) is 0 Å². The third kappa shape index (κ3) is 7.00. The summed E-state index contributed by atoms with van der Waals surface area (Å²) in [4.78, 5) is 11.0. The van der Waals surface area contributed by atoms with Crippen molar-refractivity contribution in [3.63, 3.8) is 0 Å². The van der Waals surface area contributed by atoms with Gasteiger partial charge in [-0.25, -0.2) is 10.2 Å². The Kier molecular flexibility index (Phi) is 8.94. The van der Waals surface area contributed by atoms with Crippen molar-refractivity contribution in [2.45, 2.75) is 13.3 Å². The lowest BCUT2D eigenvalue weighted by Crippen LogP contribution is -2.16. The van der Waals surface area contributed by atoms with Gasteiger partial charge in [-0.05, 0) is 42.8 Å². The van der Waals surface area contributed by atoms with Crippen LogP contribution in [0.4, 0.5) is 4.79 Å². The number of ether oxygens (including phenoxy) is 4. The molecule has 2 aromatic carbocycles. The van der Waals surface area contributed by atoms with Crippen LogP contribution in [0.5, 0.6) is 17.2 Å². The van der Waals surface area contributed by atoms with Gasteiger partial charge in [0.25, 0.3) is 0 Å². The van der Waals surface area contributed by atoms with Crippen LogP contribution in [0, 0.1) is 0 Å². The largest absolute Gasteiger partial charge is 0.492 e. The van der Waals surface area contributed by atoms with Gasteiger partial charge in [0.05, 0.1) is 38.2 Å². The molecule has 0 aliphatic heterocycles. The number of hydrogen-bond donors (Lipinski definition) is 1. The van der Waals surface area contributed by atoms with Gasteiger partial charge in [-0.15, -0.1) is 0 Å². The summed E-state index contributed by atoms with van der Waals surface area (Å²) in [7, 11) is 1.27. The van der Waals surface area contributed by atoms with Crippen LogP contribution in [0.3, 0.4) is 0 Å². The molecule has 7 nitrogen and oxygen atoms in total. The summed E-state index contributed by atoms with van der Waals surface area (Å²) in [6.45, 7) is 3.33. The van der Waals surface area contributed by atoms with E-state index in [1.807, 2.05) is 25.1 Å². The first-order valence-corrected chi connectivity index (χ1v) is 9.15. The van der Waals surface area contributed by atoms with Gasteiger partial charge in [0.15, 0.2) is 11.5 Å². The average Bonchev–Trinajstić information content (AvgIpc) is 2.70. The Bertz CT molecular complexity index is 798. The Balaban J connectivity index is 1.86. The van der Waals surface area contributed by atoms with Crippen LogP contribution in [0.1, 0.15) is 18.9 Å². The topological polar surface area (TPSA) is 78.4 Å². The molecule has 0 aliphatic rings. The van der Waals surface area contributed by atoms with Crippen LogP contribution in [-0.4, -0.2) is 39.2 Å². The summed E-state index contributed by atoms with van der Waals surface area (Å²) in [6, 6.07) is 12.7. The molecule has 0 fully saturated rings. The van der Waals surface area contributed by atoms with Gasteiger partial charge in [-0.3, -0.25) is 0 Å². The molecule has 1 N–H and O–H groups in total. The molecule has 0 bridgehead atoms. The average molecular weight is 407 g/mol. The molecule has 0 aliphatic carbocycles. The molecule has 0 saturated carbocycles. The standard InChI is InChI=1S/C20H23ClN2O5/c1-3-26-19-13-15(14-22-23-20(24)25-2)9-10-18(19)28-12-6-11-27-17-8-5-4-7-16(17)21/h4-5,7-10,13-14H,3,6,11-12H2,1-2H3,(H,23,24)/b22-14+. The molecule has 0 radical (unpaired) electrons. The Hall–Kier alpha value is -2.93. The van der Waals surface area contributed by atoms with Crippen molar-refractivity contribution in [3.05, 3.63) is 53.1 Å². The molecule has 8 heteroatoms. The van der Waals surface area contributed by atoms with Gasteiger partial charge in [0, 0.05) is 6.42 Å². The van der Waals surface area contributed by atoms with Gasteiger partial charge in [0.2, 0.25) is 0 Å². The van der Waals surface area contributed by atoms with Crippen molar-refractivity contribution in [1.82, 2.24) is 5.43 Å². The van der Waals surface area contributed by atoms with Crippen LogP contribution >= 0.6 is 11.6 Å². The van der Waals surface area contributed by atoms with Crippen LogP contribution < -0.4 is 19.6 Å². The number of para-hydroxylation sites is 1. The van der Waals surface area contributed by atoms with Gasteiger partial charge in [-0.1, -0.05) is 23.7 Å². The maximum Gasteiger partial charge on any atom is 0.427 e. The lowest BCUT2D eigenvalue weighted by Gasteiger charge is -2.13. The van der Waals surface area contributed by atoms with Crippen molar-refractivity contribution in [2.24, 2.45) is 5.10 Å². The minimum absolute atomic E-state index is 0.460. The van der Waals surface area contributed by atoms with E-state index in [1.54, 1.807) is 24.3 Å². The molecule has 0 heterocycles. The zero-order valence-electron chi connectivity index (χ0n) is 15.8. The van der Waals surface area contributed by atoms with E-state index >= 15 is 0 Å². The highest BCUT2D eigenvalue weighted by atomic mass is 35.5. The van der Waals surface area contributed by atoms with Crippen LogP contribution in [0.25, 0.3) is 0 Å². The minimum Gasteiger partial charge on any atom is -0.492 e. The lowest BCUT2D eigenvalue weighted by atomic mass is 10.2. The van der Waals surface area contributed by atoms with Crippen LogP contribution in [0.2, 0.25) is 5.02 Å². The third-order valence-electron chi connectivity index (χ3n) is 3.46. The predicted molar refractivity (Wildman–Crippen MR) is 108 cm³/mol. The number of hydrazone groups is 1. The SMILES string of the molecule is CCOc1cc(/C=N/NC(=O)OC)ccc1OCCCOc1ccccc1Cl. The Morgan fingerprint density at radius 3 is 2.54 bits per heavy atom. The number of amides is 1. The highest BCUT2D eigenvalue weighted by Gasteiger charge is 2.07. The van der Waals surface area contributed by atoms with Gasteiger partial charge in [-0.2, -0.15) is 5.10 Å². The summed E-state index contributed by atoms with van der Waals surface area (Å²) >= 11 is 6.05. The molecule has 0 aromatic heterocycles. The van der Waals surface area contributed by atoms with Gasteiger partial charge >= 0.3 is 6.09 Å². The first-order valence-electron chi connectivity index (χ1n) is 8.78. The summed E-state index contributed by atoms with van der Waals surface area (Å²) in [6.07, 6.45) is 1.53. The number of hydrogen-bond acceptors (Lipinski definition) is 6. The van der Waals surface area contributed by atoms with Crippen molar-refractivity contribution in [3.8, 4) is 17.2 Å². The van der Waals surface area contributed by atoms with E-state index in [2.05, 4.69) is 15.3 Å². The van der Waals surface area contributed by atoms with Gasteiger partial charge < -0.3 is 18.9 Å². The second-order valence-corrected chi connectivity index (χ2v) is 5.89. The van der Waals surface area contributed by atoms with Crippen molar-refractivity contribution in [2.75, 3.05) is 26.9 Å². The van der Waals surface area contributed by atoms with E-state index < -0.39 is 6.09 Å². The quantitative estimate of drug-likeness (QED) is 0.362. The zero-order chi connectivity index (χ0) is 20.2. The summed E-state index contributed by atoms with van der Waals surface area (Å²) in [5.74, 6) is 1.87. The van der Waals surface area contributed by atoms with Crippen molar-refractivity contribution >= 4 is 23.9 Å². The second kappa shape index (κ2) is 11.7. The minimum atomic E-state index is -0.639. The van der Waals surface area contributed by atoms with E-state index in [0.29, 0.717) is 48.5 Å². The number of rotatable bonds is 10. The molecular formula is C20H23ClN2O5. The number of carbonyl (C=O) groups is 1. The van der Waals surface area contributed by atoms with E-state index in [-0.39, 0.29) is 0 Å². The summed E-state index contributed by atoms with van der Waals surface area (Å²) in [5, 5.41) is 4.38. The highest BCUT2D eigenvalue weighted by Crippen LogP contribution is 2.28. The lowest BCUT2D eigenvalue weighted by molar-refractivity contribution is 0.171. The fourth-order valence-corrected chi connectivity index (χ4v) is 2.37. The molecule has 0 unspecified atom stereocenters. The van der Waals surface area contributed by atoms with Crippen molar-refractivity contribution < 1.29 is 23.7 Å². The first kappa shape index (κ1) is 21.4. The maximum absolute atomic E-state index is 11.0. The fraction of sp³-hybridized carbons (Fsp3) is 0.300. The summed E-state index contributed by atoms with van der Waals surface area (Å²) < 4.78 is 21.5. The Morgan fingerprint density at radius 2 is 1.82 bits per heavy atom. The second-order valence-electron chi connectivity index (χ2n) is 5.48. The molecule has 2 rings (SSSR count).